The van der Waals surface area contributed by atoms with E-state index in [0.29, 0.717) is 23.1 Å². The number of amides is 1. The Labute approximate surface area is 126 Å². The monoisotopic (exact) mass is 310 g/mol. The summed E-state index contributed by atoms with van der Waals surface area (Å²) in [5.74, 6) is 0.440. The highest BCUT2D eigenvalue weighted by atomic mass is 35.5. The molecule has 1 amide bonds. The molecule has 2 heterocycles. The maximum Gasteiger partial charge on any atom is 0.237 e. The lowest BCUT2D eigenvalue weighted by atomic mass is 10.4. The molecule has 0 aromatic carbocycles. The Morgan fingerprint density at radius 2 is 2.35 bits per heavy atom. The van der Waals surface area contributed by atoms with Gasteiger partial charge in [0.1, 0.15) is 5.69 Å². The molecule has 7 heteroatoms. The second kappa shape index (κ2) is 6.76. The zero-order valence-electron chi connectivity index (χ0n) is 11.3. The third kappa shape index (κ3) is 3.13. The van der Waals surface area contributed by atoms with E-state index in [1.54, 1.807) is 28.2 Å². The third-order valence-electron chi connectivity index (χ3n) is 2.74. The number of aromatic nitrogens is 3. The van der Waals surface area contributed by atoms with Crippen LogP contribution in [0.4, 0.5) is 5.69 Å². The minimum Gasteiger partial charge on any atom is -0.308 e. The number of hydrogen-bond donors (Lipinski definition) is 0. The van der Waals surface area contributed by atoms with Crippen LogP contribution in [0.25, 0.3) is 5.69 Å². The Morgan fingerprint density at radius 1 is 1.55 bits per heavy atom. The van der Waals surface area contributed by atoms with Crippen LogP contribution >= 0.6 is 23.4 Å². The van der Waals surface area contributed by atoms with E-state index in [4.69, 9.17) is 11.6 Å². The van der Waals surface area contributed by atoms with Crippen LogP contribution in [-0.2, 0) is 4.79 Å². The highest BCUT2D eigenvalue weighted by molar-refractivity contribution is 7.99. The van der Waals surface area contributed by atoms with Gasteiger partial charge in [-0.25, -0.2) is 4.68 Å². The van der Waals surface area contributed by atoms with Crippen molar-refractivity contribution < 1.29 is 4.79 Å². The van der Waals surface area contributed by atoms with Gasteiger partial charge in [-0.3, -0.25) is 9.78 Å². The number of thioether (sulfide) groups is 1. The van der Waals surface area contributed by atoms with Gasteiger partial charge in [-0.05, 0) is 25.3 Å². The van der Waals surface area contributed by atoms with Crippen molar-refractivity contribution in [3.63, 3.8) is 0 Å². The van der Waals surface area contributed by atoms with Gasteiger partial charge in [0, 0.05) is 12.7 Å². The maximum absolute atomic E-state index is 12.1. The summed E-state index contributed by atoms with van der Waals surface area (Å²) in [4.78, 5) is 17.7. The Kier molecular flexibility index (Phi) is 5.03. The van der Waals surface area contributed by atoms with Gasteiger partial charge < -0.3 is 4.90 Å². The fraction of sp³-hybridized carbons (Fsp3) is 0.308. The first kappa shape index (κ1) is 14.9. The van der Waals surface area contributed by atoms with Gasteiger partial charge in [-0.15, -0.1) is 0 Å². The van der Waals surface area contributed by atoms with Crippen LogP contribution in [0.15, 0.2) is 30.7 Å². The minimum atomic E-state index is 0.0210. The zero-order valence-corrected chi connectivity index (χ0v) is 12.9. The largest absolute Gasteiger partial charge is 0.308 e. The predicted molar refractivity (Wildman–Crippen MR) is 82.8 cm³/mol. The van der Waals surface area contributed by atoms with Crippen LogP contribution in [0.1, 0.15) is 6.92 Å². The molecule has 0 saturated carbocycles. The predicted octanol–water partition coefficient (Wildman–Crippen LogP) is 2.64. The molecule has 0 aliphatic rings. The molecule has 2 rings (SSSR count). The molecule has 2 aromatic rings. The number of anilines is 1. The summed E-state index contributed by atoms with van der Waals surface area (Å²) >= 11 is 7.65. The Bertz CT molecular complexity index is 587. The number of halogens is 1. The van der Waals surface area contributed by atoms with Crippen molar-refractivity contribution in [3.8, 4) is 5.69 Å². The summed E-state index contributed by atoms with van der Waals surface area (Å²) in [6.07, 6.45) is 7.02. The van der Waals surface area contributed by atoms with Crippen LogP contribution < -0.4 is 4.90 Å². The number of carbonyl (C=O) groups excluding carboxylic acids is 1. The molecule has 0 fully saturated rings. The average Bonchev–Trinajstić information content (AvgIpc) is 2.83. The molecule has 0 spiro atoms. The van der Waals surface area contributed by atoms with Gasteiger partial charge in [0.25, 0.3) is 0 Å². The quantitative estimate of drug-likeness (QED) is 0.852. The number of nitrogens with zero attached hydrogens (tertiary/aromatic N) is 4. The van der Waals surface area contributed by atoms with Gasteiger partial charge in [0.05, 0.1) is 23.8 Å². The molecule has 5 nitrogen and oxygen atoms in total. The lowest BCUT2D eigenvalue weighted by Crippen LogP contribution is -2.32. The fourth-order valence-electron chi connectivity index (χ4n) is 1.83. The van der Waals surface area contributed by atoms with E-state index < -0.39 is 0 Å². The summed E-state index contributed by atoms with van der Waals surface area (Å²) in [5.41, 5.74) is 1.42. The van der Waals surface area contributed by atoms with Crippen molar-refractivity contribution in [1.82, 2.24) is 14.8 Å². The summed E-state index contributed by atoms with van der Waals surface area (Å²) in [7, 11) is 0. The Hall–Kier alpha value is -1.53. The van der Waals surface area contributed by atoms with Gasteiger partial charge in [-0.2, -0.15) is 16.9 Å². The van der Waals surface area contributed by atoms with Crippen molar-refractivity contribution in [2.24, 2.45) is 0 Å². The molecule has 0 aliphatic heterocycles. The lowest BCUT2D eigenvalue weighted by Gasteiger charge is -2.18. The van der Waals surface area contributed by atoms with E-state index >= 15 is 0 Å². The van der Waals surface area contributed by atoms with Crippen LogP contribution in [0.5, 0.6) is 0 Å². The molecule has 0 N–H and O–H groups in total. The smallest absolute Gasteiger partial charge is 0.237 e. The van der Waals surface area contributed by atoms with E-state index in [-0.39, 0.29) is 5.91 Å². The molecule has 0 atom stereocenters. The van der Waals surface area contributed by atoms with Gasteiger partial charge >= 0.3 is 0 Å². The molecule has 0 radical (unpaired) electrons. The summed E-state index contributed by atoms with van der Waals surface area (Å²) in [5, 5.41) is 4.54. The van der Waals surface area contributed by atoms with Gasteiger partial charge in [-0.1, -0.05) is 11.6 Å². The highest BCUT2D eigenvalue weighted by Gasteiger charge is 2.19. The standard InChI is InChI=1S/C13H15ClN4OS/c1-3-17(12(19)9-20-2)11-8-18(16-13(11)14)10-5-4-6-15-7-10/h4-8H,3,9H2,1-2H3. The number of carbonyl (C=O) groups is 1. The maximum atomic E-state index is 12.1. The molecule has 0 unspecified atom stereocenters. The summed E-state index contributed by atoms with van der Waals surface area (Å²) in [6.45, 7) is 2.47. The summed E-state index contributed by atoms with van der Waals surface area (Å²) in [6, 6.07) is 3.70. The molecule has 20 heavy (non-hydrogen) atoms. The zero-order chi connectivity index (χ0) is 14.5. The SMILES string of the molecule is CCN(C(=O)CSC)c1cn(-c2cccnc2)nc1Cl. The van der Waals surface area contributed by atoms with E-state index in [9.17, 15) is 4.79 Å². The topological polar surface area (TPSA) is 51.0 Å². The first-order chi connectivity index (χ1) is 9.67. The molecule has 0 saturated heterocycles. The van der Waals surface area contributed by atoms with Crippen molar-refractivity contribution in [1.29, 1.82) is 0 Å². The number of rotatable bonds is 5. The van der Waals surface area contributed by atoms with E-state index in [0.717, 1.165) is 5.69 Å². The number of hydrogen-bond acceptors (Lipinski definition) is 4. The Morgan fingerprint density at radius 3 is 2.95 bits per heavy atom. The summed E-state index contributed by atoms with van der Waals surface area (Å²) < 4.78 is 1.62. The van der Waals surface area contributed by atoms with Crippen LogP contribution in [-0.4, -0.2) is 39.2 Å². The van der Waals surface area contributed by atoms with Crippen LogP contribution in [0.3, 0.4) is 0 Å². The second-order valence-corrected chi connectivity index (χ2v) is 5.26. The molecule has 106 valence electrons. The first-order valence-electron chi connectivity index (χ1n) is 6.12. The molecule has 0 bridgehead atoms. The van der Waals surface area contributed by atoms with E-state index in [2.05, 4.69) is 10.1 Å². The van der Waals surface area contributed by atoms with Crippen molar-refractivity contribution in [2.75, 3.05) is 23.5 Å². The second-order valence-electron chi connectivity index (χ2n) is 4.03. The van der Waals surface area contributed by atoms with Gasteiger partial charge in [0.15, 0.2) is 5.15 Å². The van der Waals surface area contributed by atoms with Crippen LogP contribution in [0, 0.1) is 0 Å². The van der Waals surface area contributed by atoms with Crippen molar-refractivity contribution in [3.05, 3.63) is 35.9 Å². The molecule has 2 aromatic heterocycles. The fourth-order valence-corrected chi connectivity index (χ4v) is 2.46. The first-order valence-corrected chi connectivity index (χ1v) is 7.89. The Balaban J connectivity index is 2.33. The normalized spacial score (nSPS) is 10.6. The van der Waals surface area contributed by atoms with Gasteiger partial charge in [0.2, 0.25) is 5.91 Å². The molecular formula is C13H15ClN4OS. The average molecular weight is 311 g/mol. The third-order valence-corrected chi connectivity index (χ3v) is 3.54. The number of pyridine rings is 1. The minimum absolute atomic E-state index is 0.0210. The van der Waals surface area contributed by atoms with E-state index in [1.165, 1.54) is 11.8 Å². The van der Waals surface area contributed by atoms with Crippen molar-refractivity contribution in [2.45, 2.75) is 6.92 Å². The van der Waals surface area contributed by atoms with Crippen LogP contribution in [0.2, 0.25) is 5.15 Å². The lowest BCUT2D eigenvalue weighted by molar-refractivity contribution is -0.116. The van der Waals surface area contributed by atoms with E-state index in [1.807, 2.05) is 25.3 Å². The molecule has 0 aliphatic carbocycles. The molecular weight excluding hydrogens is 296 g/mol. The van der Waals surface area contributed by atoms with Crippen molar-refractivity contribution >= 4 is 35.0 Å². The highest BCUT2D eigenvalue weighted by Crippen LogP contribution is 2.26.